The quantitative estimate of drug-likeness (QED) is 0.752. The molecule has 2 rings (SSSR count). The van der Waals surface area contributed by atoms with Crippen molar-refractivity contribution in [3.05, 3.63) is 24.3 Å². The maximum Gasteiger partial charge on any atom is 0.321 e. The van der Waals surface area contributed by atoms with Gasteiger partial charge in [-0.05, 0) is 37.5 Å². The van der Waals surface area contributed by atoms with Crippen LogP contribution in [0.5, 0.6) is 0 Å². The van der Waals surface area contributed by atoms with Gasteiger partial charge >= 0.3 is 6.03 Å². The van der Waals surface area contributed by atoms with Crippen molar-refractivity contribution in [2.45, 2.75) is 33.1 Å². The van der Waals surface area contributed by atoms with Crippen molar-refractivity contribution in [3.8, 4) is 0 Å². The molecule has 1 heterocycles. The van der Waals surface area contributed by atoms with Gasteiger partial charge < -0.3 is 16.4 Å². The average Bonchev–Trinajstić information content (AvgIpc) is 2.57. The van der Waals surface area contributed by atoms with Gasteiger partial charge in [0, 0.05) is 31.0 Å². The Bertz CT molecular complexity index is 561. The van der Waals surface area contributed by atoms with Crippen LogP contribution in [-0.2, 0) is 4.79 Å². The molecule has 6 nitrogen and oxygen atoms in total. The zero-order valence-corrected chi connectivity index (χ0v) is 13.9. The Morgan fingerprint density at radius 3 is 2.74 bits per heavy atom. The Balaban J connectivity index is 2.17. The van der Waals surface area contributed by atoms with Crippen molar-refractivity contribution in [2.75, 3.05) is 29.9 Å². The zero-order valence-electron chi connectivity index (χ0n) is 13.9. The summed E-state index contributed by atoms with van der Waals surface area (Å²) in [6.07, 6.45) is 2.30. The Hall–Kier alpha value is -2.08. The van der Waals surface area contributed by atoms with Crippen LogP contribution in [0.1, 0.15) is 33.1 Å². The molecule has 0 unspecified atom stereocenters. The van der Waals surface area contributed by atoms with E-state index < -0.39 is 5.41 Å². The molecule has 1 aliphatic rings. The highest BCUT2D eigenvalue weighted by atomic mass is 16.2. The van der Waals surface area contributed by atoms with Gasteiger partial charge in [0.25, 0.3) is 0 Å². The lowest BCUT2D eigenvalue weighted by Crippen LogP contribution is -2.46. The number of hydrogen-bond donors (Lipinski definition) is 3. The number of rotatable bonds is 6. The number of nitrogens with zero attached hydrogens (tertiary/aromatic N) is 1. The normalized spacial score (nSPS) is 15.3. The maximum atomic E-state index is 12.6. The second-order valence-electron chi connectivity index (χ2n) is 5.93. The Kier molecular flexibility index (Phi) is 5.60. The standard InChI is InChI=1S/C17H26N4O2/c1-3-17(4-2,12-18)15(22)20-13-7-5-8-14(11-13)21-10-6-9-19-16(21)23/h5,7-8,11H,3-4,6,9-10,12,18H2,1-2H3,(H,19,23)(H,20,22). The molecule has 0 saturated carbocycles. The third-order valence-electron chi connectivity index (χ3n) is 4.72. The molecule has 0 radical (unpaired) electrons. The molecule has 0 aromatic heterocycles. The number of benzene rings is 1. The molecule has 6 heteroatoms. The highest BCUT2D eigenvalue weighted by Crippen LogP contribution is 2.28. The number of hydrogen-bond acceptors (Lipinski definition) is 3. The number of nitrogens with one attached hydrogen (secondary N) is 2. The van der Waals surface area contributed by atoms with Crippen LogP contribution in [0.2, 0.25) is 0 Å². The predicted molar refractivity (Wildman–Crippen MR) is 92.5 cm³/mol. The van der Waals surface area contributed by atoms with E-state index in [-0.39, 0.29) is 11.9 Å². The van der Waals surface area contributed by atoms with E-state index in [0.717, 1.165) is 12.1 Å². The van der Waals surface area contributed by atoms with E-state index in [9.17, 15) is 9.59 Å². The fraction of sp³-hybridized carbons (Fsp3) is 0.529. The Labute approximate surface area is 137 Å². The Morgan fingerprint density at radius 2 is 2.13 bits per heavy atom. The molecule has 1 aromatic rings. The molecule has 23 heavy (non-hydrogen) atoms. The van der Waals surface area contributed by atoms with Gasteiger partial charge in [0.05, 0.1) is 5.41 Å². The van der Waals surface area contributed by atoms with Crippen molar-refractivity contribution in [2.24, 2.45) is 11.1 Å². The monoisotopic (exact) mass is 318 g/mol. The van der Waals surface area contributed by atoms with Crippen molar-refractivity contribution < 1.29 is 9.59 Å². The summed E-state index contributed by atoms with van der Waals surface area (Å²) < 4.78 is 0. The molecule has 126 valence electrons. The molecule has 1 saturated heterocycles. The molecule has 3 amide bonds. The molecule has 0 aliphatic carbocycles. The lowest BCUT2D eigenvalue weighted by Gasteiger charge is -2.29. The molecular formula is C17H26N4O2. The van der Waals surface area contributed by atoms with Gasteiger partial charge in [-0.1, -0.05) is 19.9 Å². The second-order valence-corrected chi connectivity index (χ2v) is 5.93. The molecule has 0 spiro atoms. The number of amides is 3. The van der Waals surface area contributed by atoms with E-state index >= 15 is 0 Å². The summed E-state index contributed by atoms with van der Waals surface area (Å²) in [5.41, 5.74) is 6.75. The topological polar surface area (TPSA) is 87.5 Å². The minimum atomic E-state index is -0.543. The summed E-state index contributed by atoms with van der Waals surface area (Å²) in [7, 11) is 0. The first kappa shape index (κ1) is 17.3. The first-order valence-corrected chi connectivity index (χ1v) is 8.23. The number of nitrogens with two attached hydrogens (primary N) is 1. The van der Waals surface area contributed by atoms with Gasteiger partial charge in [0.15, 0.2) is 0 Å². The minimum absolute atomic E-state index is 0.0646. The summed E-state index contributed by atoms with van der Waals surface area (Å²) in [5, 5.41) is 5.78. The lowest BCUT2D eigenvalue weighted by molar-refractivity contribution is -0.125. The molecular weight excluding hydrogens is 292 g/mol. The lowest BCUT2D eigenvalue weighted by atomic mass is 9.81. The summed E-state index contributed by atoms with van der Waals surface area (Å²) >= 11 is 0. The van der Waals surface area contributed by atoms with E-state index in [1.165, 1.54) is 0 Å². The van der Waals surface area contributed by atoms with Gasteiger partial charge in [-0.3, -0.25) is 9.69 Å². The number of carbonyl (C=O) groups is 2. The number of carbonyl (C=O) groups excluding carboxylic acids is 2. The first-order valence-electron chi connectivity index (χ1n) is 8.23. The van der Waals surface area contributed by atoms with E-state index in [1.807, 2.05) is 38.1 Å². The third kappa shape index (κ3) is 3.64. The second kappa shape index (κ2) is 7.46. The molecule has 0 bridgehead atoms. The largest absolute Gasteiger partial charge is 0.338 e. The predicted octanol–water partition coefficient (Wildman–Crippen LogP) is 2.31. The average molecular weight is 318 g/mol. The van der Waals surface area contributed by atoms with E-state index in [0.29, 0.717) is 38.2 Å². The number of anilines is 2. The van der Waals surface area contributed by atoms with E-state index in [2.05, 4.69) is 10.6 Å². The highest BCUT2D eigenvalue weighted by Gasteiger charge is 2.33. The van der Waals surface area contributed by atoms with Crippen molar-refractivity contribution in [1.29, 1.82) is 0 Å². The summed E-state index contributed by atoms with van der Waals surface area (Å²) in [5.74, 6) is -0.0646. The fourth-order valence-electron chi connectivity index (χ4n) is 2.84. The van der Waals surface area contributed by atoms with Gasteiger partial charge in [0.1, 0.15) is 0 Å². The Morgan fingerprint density at radius 1 is 1.39 bits per heavy atom. The summed E-state index contributed by atoms with van der Waals surface area (Å²) in [4.78, 5) is 26.2. The minimum Gasteiger partial charge on any atom is -0.338 e. The van der Waals surface area contributed by atoms with Gasteiger partial charge in [-0.25, -0.2) is 4.79 Å². The maximum absolute atomic E-state index is 12.6. The van der Waals surface area contributed by atoms with E-state index in [4.69, 9.17) is 5.73 Å². The van der Waals surface area contributed by atoms with Gasteiger partial charge in [-0.15, -0.1) is 0 Å². The zero-order chi connectivity index (χ0) is 16.9. The summed E-state index contributed by atoms with van der Waals surface area (Å²) in [6, 6.07) is 7.27. The van der Waals surface area contributed by atoms with Gasteiger partial charge in [-0.2, -0.15) is 0 Å². The highest BCUT2D eigenvalue weighted by molar-refractivity contribution is 5.97. The molecule has 1 aromatic carbocycles. The molecule has 1 aliphatic heterocycles. The van der Waals surface area contributed by atoms with Crippen molar-refractivity contribution >= 4 is 23.3 Å². The first-order chi connectivity index (χ1) is 11.1. The molecule has 4 N–H and O–H groups in total. The van der Waals surface area contributed by atoms with Crippen LogP contribution in [0.15, 0.2) is 24.3 Å². The van der Waals surface area contributed by atoms with Crippen molar-refractivity contribution in [1.82, 2.24) is 5.32 Å². The molecule has 0 atom stereocenters. The van der Waals surface area contributed by atoms with Crippen LogP contribution in [0.4, 0.5) is 16.2 Å². The molecule has 1 fully saturated rings. The van der Waals surface area contributed by atoms with Gasteiger partial charge in [0.2, 0.25) is 5.91 Å². The van der Waals surface area contributed by atoms with E-state index in [1.54, 1.807) is 4.90 Å². The summed E-state index contributed by atoms with van der Waals surface area (Å²) in [6.45, 7) is 5.66. The fourth-order valence-corrected chi connectivity index (χ4v) is 2.84. The third-order valence-corrected chi connectivity index (χ3v) is 4.72. The van der Waals surface area contributed by atoms with Crippen LogP contribution in [0.25, 0.3) is 0 Å². The number of urea groups is 1. The van der Waals surface area contributed by atoms with Crippen LogP contribution < -0.4 is 21.3 Å². The van der Waals surface area contributed by atoms with Crippen molar-refractivity contribution in [3.63, 3.8) is 0 Å². The smallest absolute Gasteiger partial charge is 0.321 e. The van der Waals surface area contributed by atoms with Crippen LogP contribution in [-0.4, -0.2) is 31.6 Å². The van der Waals surface area contributed by atoms with Crippen LogP contribution in [0, 0.1) is 5.41 Å². The van der Waals surface area contributed by atoms with Crippen LogP contribution in [0.3, 0.4) is 0 Å². The van der Waals surface area contributed by atoms with Crippen LogP contribution >= 0.6 is 0 Å². The SMILES string of the molecule is CCC(CC)(CN)C(=O)Nc1cccc(N2CCCNC2=O)c1.